The van der Waals surface area contributed by atoms with Gasteiger partial charge in [0.05, 0.1) is 11.4 Å². The summed E-state index contributed by atoms with van der Waals surface area (Å²) in [5.41, 5.74) is 7.65. The van der Waals surface area contributed by atoms with E-state index in [-0.39, 0.29) is 0 Å². The zero-order valence-electron chi connectivity index (χ0n) is 25.6. The molecule has 0 aliphatic carbocycles. The molecule has 0 saturated carbocycles. The van der Waals surface area contributed by atoms with Crippen LogP contribution in [0.4, 0.5) is 11.4 Å². The van der Waals surface area contributed by atoms with Crippen molar-refractivity contribution in [2.45, 2.75) is 35.2 Å². The van der Waals surface area contributed by atoms with Crippen LogP contribution in [0.5, 0.6) is 11.5 Å². The fourth-order valence-corrected chi connectivity index (χ4v) is 7.48. The van der Waals surface area contributed by atoms with Crippen LogP contribution in [0.3, 0.4) is 0 Å². The van der Waals surface area contributed by atoms with Crippen LogP contribution >= 0.6 is 25.3 Å². The molecule has 2 heterocycles. The number of anilines is 2. The largest absolute Gasteiger partial charge is 0.473 e. The van der Waals surface area contributed by atoms with Crippen LogP contribution < -0.4 is 19.3 Å². The quantitative estimate of drug-likeness (QED) is 0.145. The molecule has 8 rings (SSSR count). The normalized spacial score (nSPS) is 14.3. The summed E-state index contributed by atoms with van der Waals surface area (Å²) in [6, 6.07) is 45.2. The van der Waals surface area contributed by atoms with E-state index < -0.39 is 5.41 Å². The number of benzene rings is 6. The Morgan fingerprint density at radius 2 is 0.978 bits per heavy atom. The number of rotatable bonds is 5. The molecular weight excluding hydrogens is 605 g/mol. The second-order valence-corrected chi connectivity index (χ2v) is 13.2. The molecule has 0 saturated heterocycles. The van der Waals surface area contributed by atoms with E-state index in [1.165, 1.54) is 27.5 Å². The summed E-state index contributed by atoms with van der Waals surface area (Å²) < 4.78 is 12.6. The van der Waals surface area contributed by atoms with Crippen molar-refractivity contribution in [3.63, 3.8) is 0 Å². The molecule has 0 amide bonds. The van der Waals surface area contributed by atoms with E-state index in [0.29, 0.717) is 13.5 Å². The van der Waals surface area contributed by atoms with E-state index in [4.69, 9.17) is 34.7 Å². The average Bonchev–Trinajstić information content (AvgIpc) is 3.10. The van der Waals surface area contributed by atoms with Gasteiger partial charge in [0, 0.05) is 39.4 Å². The lowest BCUT2D eigenvalue weighted by molar-refractivity contribution is 0.288. The second kappa shape index (κ2) is 11.7. The lowest BCUT2D eigenvalue weighted by Gasteiger charge is -2.37. The average molecular weight is 639 g/mol. The summed E-state index contributed by atoms with van der Waals surface area (Å²) in [5, 5.41) is 2.45. The van der Waals surface area contributed by atoms with Gasteiger partial charge in [-0.15, -0.1) is 25.3 Å². The first-order chi connectivity index (χ1) is 22.5. The van der Waals surface area contributed by atoms with E-state index in [2.05, 4.69) is 108 Å². The van der Waals surface area contributed by atoms with Crippen LogP contribution in [0.2, 0.25) is 0 Å². The van der Waals surface area contributed by atoms with E-state index in [0.717, 1.165) is 56.9 Å². The summed E-state index contributed by atoms with van der Waals surface area (Å²) in [7, 11) is 0. The molecule has 0 radical (unpaired) electrons. The molecule has 0 bridgehead atoms. The number of hydrogen-bond donors (Lipinski definition) is 2. The molecule has 0 atom stereocenters. The van der Waals surface area contributed by atoms with Crippen LogP contribution in [0.25, 0.3) is 10.8 Å². The van der Waals surface area contributed by atoms with Gasteiger partial charge in [-0.2, -0.15) is 0 Å². The molecule has 46 heavy (non-hydrogen) atoms. The maximum Gasteiger partial charge on any atom is 0.161 e. The highest BCUT2D eigenvalue weighted by atomic mass is 32.1. The van der Waals surface area contributed by atoms with Crippen LogP contribution in [0.1, 0.15) is 34.7 Å². The first-order valence-electron chi connectivity index (χ1n) is 15.5. The van der Waals surface area contributed by atoms with Crippen LogP contribution in [0.15, 0.2) is 137 Å². The smallest absolute Gasteiger partial charge is 0.161 e. The third-order valence-corrected chi connectivity index (χ3v) is 10.3. The van der Waals surface area contributed by atoms with Crippen molar-refractivity contribution in [2.75, 3.05) is 23.3 Å². The third-order valence-electron chi connectivity index (χ3n) is 9.52. The van der Waals surface area contributed by atoms with Crippen molar-refractivity contribution in [2.24, 2.45) is 0 Å². The van der Waals surface area contributed by atoms with Gasteiger partial charge in [0.1, 0.15) is 11.5 Å². The topological polar surface area (TPSA) is 24.9 Å². The Balaban J connectivity index is 1.24. The Labute approximate surface area is 281 Å². The van der Waals surface area contributed by atoms with E-state index in [1.807, 2.05) is 36.4 Å². The highest BCUT2D eigenvalue weighted by Gasteiger charge is 2.34. The van der Waals surface area contributed by atoms with Gasteiger partial charge >= 0.3 is 0 Å². The number of thiol groups is 2. The number of para-hydroxylation sites is 2. The molecule has 0 unspecified atom stereocenters. The number of ether oxygens (including phenoxy) is 2. The summed E-state index contributed by atoms with van der Waals surface area (Å²) in [6.07, 6.45) is 0. The van der Waals surface area contributed by atoms with Gasteiger partial charge in [0.2, 0.25) is 0 Å². The Hall–Kier alpha value is -4.52. The number of nitrogens with zero attached hydrogens (tertiary/aromatic N) is 2. The van der Waals surface area contributed by atoms with Crippen molar-refractivity contribution in [3.8, 4) is 11.5 Å². The molecule has 228 valence electrons. The van der Waals surface area contributed by atoms with E-state index in [9.17, 15) is 0 Å². The highest BCUT2D eigenvalue weighted by Crippen LogP contribution is 2.44. The van der Waals surface area contributed by atoms with Crippen LogP contribution in [-0.4, -0.2) is 13.5 Å². The van der Waals surface area contributed by atoms with Crippen molar-refractivity contribution >= 4 is 47.4 Å². The molecule has 2 aliphatic heterocycles. The van der Waals surface area contributed by atoms with Gasteiger partial charge in [0.15, 0.2) is 13.5 Å². The minimum Gasteiger partial charge on any atom is -0.473 e. The van der Waals surface area contributed by atoms with Crippen molar-refractivity contribution < 1.29 is 9.47 Å². The monoisotopic (exact) mass is 638 g/mol. The fourth-order valence-electron chi connectivity index (χ4n) is 6.88. The fraction of sp³-hybridized carbons (Fsp3) is 0.150. The molecule has 2 aliphatic rings. The van der Waals surface area contributed by atoms with Gasteiger partial charge in [-0.05, 0) is 89.0 Å². The number of fused-ring (bicyclic) bond motifs is 3. The highest BCUT2D eigenvalue weighted by molar-refractivity contribution is 7.80. The van der Waals surface area contributed by atoms with Crippen molar-refractivity contribution in [1.82, 2.24) is 0 Å². The summed E-state index contributed by atoms with van der Waals surface area (Å²) in [6.45, 7) is 4.80. The molecule has 0 aromatic heterocycles. The second-order valence-electron chi connectivity index (χ2n) is 12.3. The summed E-state index contributed by atoms with van der Waals surface area (Å²) in [5.74, 6) is 1.86. The Bertz CT molecular complexity index is 1990. The van der Waals surface area contributed by atoms with Crippen LogP contribution in [-0.2, 0) is 18.5 Å². The van der Waals surface area contributed by atoms with E-state index in [1.54, 1.807) is 0 Å². The molecule has 0 fully saturated rings. The molecule has 0 spiro atoms. The zero-order valence-corrected chi connectivity index (χ0v) is 27.3. The SMILES string of the molecule is CC(c1ccc2c(c1)CN(c1ccccc1S)CO2)(c1ccc2c(c1)CN(c1ccccc1S)CO2)c1ccc2ccccc2c1. The predicted molar refractivity (Wildman–Crippen MR) is 193 cm³/mol. The molecule has 6 heteroatoms. The lowest BCUT2D eigenvalue weighted by Crippen LogP contribution is -2.34. The van der Waals surface area contributed by atoms with Crippen LogP contribution in [0, 0.1) is 0 Å². The summed E-state index contributed by atoms with van der Waals surface area (Å²) >= 11 is 9.46. The molecular formula is C40H34N2O2S2. The van der Waals surface area contributed by atoms with Crippen molar-refractivity contribution in [3.05, 3.63) is 155 Å². The predicted octanol–water partition coefficient (Wildman–Crippen LogP) is 9.48. The maximum absolute atomic E-state index is 6.28. The minimum atomic E-state index is -0.457. The first kappa shape index (κ1) is 28.9. The van der Waals surface area contributed by atoms with Gasteiger partial charge in [-0.1, -0.05) is 72.8 Å². The summed E-state index contributed by atoms with van der Waals surface area (Å²) in [4.78, 5) is 6.37. The minimum absolute atomic E-state index is 0.457. The Morgan fingerprint density at radius 3 is 1.52 bits per heavy atom. The van der Waals surface area contributed by atoms with Gasteiger partial charge in [-0.25, -0.2) is 0 Å². The van der Waals surface area contributed by atoms with Gasteiger partial charge in [-0.3, -0.25) is 0 Å². The van der Waals surface area contributed by atoms with Gasteiger partial charge in [0.25, 0.3) is 0 Å². The van der Waals surface area contributed by atoms with Gasteiger partial charge < -0.3 is 19.3 Å². The lowest BCUT2D eigenvalue weighted by atomic mass is 9.70. The van der Waals surface area contributed by atoms with E-state index >= 15 is 0 Å². The third kappa shape index (κ3) is 5.06. The Kier molecular flexibility index (Phi) is 7.35. The maximum atomic E-state index is 6.28. The zero-order chi connectivity index (χ0) is 31.3. The molecule has 4 nitrogen and oxygen atoms in total. The van der Waals surface area contributed by atoms with Crippen molar-refractivity contribution in [1.29, 1.82) is 0 Å². The number of hydrogen-bond acceptors (Lipinski definition) is 6. The molecule has 0 N–H and O–H groups in total. The molecule has 6 aromatic rings. The Morgan fingerprint density at radius 1 is 0.522 bits per heavy atom. The molecule has 6 aromatic carbocycles. The standard InChI is InChI=1S/C40H34N2O2S2/c1-40(31-15-14-27-8-2-3-9-28(27)20-31,32-16-18-36-29(21-32)23-41(25-43-36)34-10-4-6-12-38(34)45)33-17-19-37-30(22-33)24-42(26-44-37)35-11-5-7-13-39(35)46/h2-22,45-46H,23-26H2,1H3. The first-order valence-corrected chi connectivity index (χ1v) is 16.4.